The largest absolute Gasteiger partial charge is 0.465 e. The fourth-order valence-corrected chi connectivity index (χ4v) is 3.20. The average molecular weight is 410 g/mol. The minimum Gasteiger partial charge on any atom is -0.465 e. The van der Waals surface area contributed by atoms with Gasteiger partial charge in [-0.25, -0.2) is 4.79 Å². The van der Waals surface area contributed by atoms with E-state index in [1.807, 2.05) is 0 Å². The summed E-state index contributed by atoms with van der Waals surface area (Å²) in [7, 11) is 1.51. The van der Waals surface area contributed by atoms with Crippen LogP contribution in [0.1, 0.15) is 31.7 Å². The van der Waals surface area contributed by atoms with Gasteiger partial charge in [0.2, 0.25) is 5.91 Å². The minimum atomic E-state index is -0.546. The molecule has 0 saturated carbocycles. The lowest BCUT2D eigenvalue weighted by atomic mass is 9.83. The SMILES string of the molecule is CCOC(=O)CN1C(=O)C[C@H](c2ccc(Cl)cc2)C(C(=O)OCCOC)=C1C. The number of carbonyl (C=O) groups excluding carboxylic acids is 3. The van der Waals surface area contributed by atoms with Crippen LogP contribution in [-0.2, 0) is 28.6 Å². The number of benzene rings is 1. The topological polar surface area (TPSA) is 82.1 Å². The smallest absolute Gasteiger partial charge is 0.336 e. The van der Waals surface area contributed by atoms with Crippen molar-refractivity contribution in [3.8, 4) is 0 Å². The zero-order chi connectivity index (χ0) is 20.7. The van der Waals surface area contributed by atoms with Crippen LogP contribution in [-0.4, -0.2) is 56.2 Å². The maximum Gasteiger partial charge on any atom is 0.336 e. The van der Waals surface area contributed by atoms with E-state index in [2.05, 4.69) is 0 Å². The van der Waals surface area contributed by atoms with Gasteiger partial charge in [-0.05, 0) is 31.5 Å². The number of amides is 1. The van der Waals surface area contributed by atoms with Crippen molar-refractivity contribution in [1.29, 1.82) is 0 Å². The number of methoxy groups -OCH3 is 1. The number of esters is 2. The van der Waals surface area contributed by atoms with E-state index in [4.69, 9.17) is 25.8 Å². The molecule has 0 aromatic heterocycles. The highest BCUT2D eigenvalue weighted by Crippen LogP contribution is 2.37. The quantitative estimate of drug-likeness (QED) is 0.485. The monoisotopic (exact) mass is 409 g/mol. The summed E-state index contributed by atoms with van der Waals surface area (Å²) in [4.78, 5) is 38.7. The van der Waals surface area contributed by atoms with Gasteiger partial charge in [-0.1, -0.05) is 23.7 Å². The van der Waals surface area contributed by atoms with Crippen molar-refractivity contribution in [2.45, 2.75) is 26.2 Å². The van der Waals surface area contributed by atoms with Crippen LogP contribution < -0.4 is 0 Å². The molecule has 1 aliphatic heterocycles. The molecule has 0 spiro atoms. The normalized spacial score (nSPS) is 16.9. The van der Waals surface area contributed by atoms with Crippen LogP contribution in [0.3, 0.4) is 0 Å². The van der Waals surface area contributed by atoms with Gasteiger partial charge in [-0.2, -0.15) is 0 Å². The summed E-state index contributed by atoms with van der Waals surface area (Å²) in [5.41, 5.74) is 1.49. The van der Waals surface area contributed by atoms with Crippen molar-refractivity contribution < 1.29 is 28.6 Å². The van der Waals surface area contributed by atoms with Crippen LogP contribution >= 0.6 is 11.6 Å². The van der Waals surface area contributed by atoms with Gasteiger partial charge in [0, 0.05) is 30.2 Å². The van der Waals surface area contributed by atoms with Gasteiger partial charge < -0.3 is 19.1 Å². The fourth-order valence-electron chi connectivity index (χ4n) is 3.08. The van der Waals surface area contributed by atoms with Gasteiger partial charge in [0.05, 0.1) is 18.8 Å². The molecule has 1 aromatic carbocycles. The first-order chi connectivity index (χ1) is 13.4. The van der Waals surface area contributed by atoms with Crippen LogP contribution in [0.2, 0.25) is 5.02 Å². The molecule has 0 bridgehead atoms. The van der Waals surface area contributed by atoms with E-state index in [0.29, 0.717) is 16.3 Å². The minimum absolute atomic E-state index is 0.0348. The summed E-state index contributed by atoms with van der Waals surface area (Å²) in [5, 5.41) is 0.555. The van der Waals surface area contributed by atoms with Crippen molar-refractivity contribution in [1.82, 2.24) is 4.90 Å². The van der Waals surface area contributed by atoms with E-state index in [-0.39, 0.29) is 38.7 Å². The van der Waals surface area contributed by atoms with Crippen LogP contribution in [0.15, 0.2) is 35.5 Å². The molecular formula is C20H24ClNO6. The molecule has 7 nitrogen and oxygen atoms in total. The predicted molar refractivity (Wildman–Crippen MR) is 103 cm³/mol. The molecule has 0 N–H and O–H groups in total. The zero-order valence-electron chi connectivity index (χ0n) is 16.2. The molecule has 0 unspecified atom stereocenters. The second-order valence-corrected chi connectivity index (χ2v) is 6.66. The van der Waals surface area contributed by atoms with Gasteiger partial charge in [0.15, 0.2) is 0 Å². The zero-order valence-corrected chi connectivity index (χ0v) is 17.0. The Kier molecular flexibility index (Phi) is 8.02. The molecule has 0 radical (unpaired) electrons. The van der Waals surface area contributed by atoms with Crippen LogP contribution in [0.25, 0.3) is 0 Å². The Balaban J connectivity index is 2.40. The fraction of sp³-hybridized carbons (Fsp3) is 0.450. The van der Waals surface area contributed by atoms with Crippen LogP contribution in [0.5, 0.6) is 0 Å². The molecule has 0 fully saturated rings. The third kappa shape index (κ3) is 5.33. The number of halogens is 1. The molecule has 28 heavy (non-hydrogen) atoms. The second-order valence-electron chi connectivity index (χ2n) is 6.22. The summed E-state index contributed by atoms with van der Waals surface area (Å²) in [5.74, 6) is -1.83. The number of carbonyl (C=O) groups is 3. The maximum absolute atomic E-state index is 12.8. The van der Waals surface area contributed by atoms with E-state index in [1.165, 1.54) is 12.0 Å². The van der Waals surface area contributed by atoms with Gasteiger partial charge >= 0.3 is 11.9 Å². The van der Waals surface area contributed by atoms with Crippen molar-refractivity contribution in [2.75, 3.05) is 33.5 Å². The highest BCUT2D eigenvalue weighted by Gasteiger charge is 2.37. The van der Waals surface area contributed by atoms with Gasteiger partial charge in [-0.15, -0.1) is 0 Å². The molecule has 0 saturated heterocycles. The predicted octanol–water partition coefficient (Wildman–Crippen LogP) is 2.68. The Labute approximate surface area is 169 Å². The summed E-state index contributed by atoms with van der Waals surface area (Å²) in [6, 6.07) is 6.96. The molecule has 0 aliphatic carbocycles. The molecule has 152 valence electrons. The molecule has 8 heteroatoms. The third-order valence-electron chi connectivity index (χ3n) is 4.43. The summed E-state index contributed by atoms with van der Waals surface area (Å²) in [6.07, 6.45) is 0.0348. The third-order valence-corrected chi connectivity index (χ3v) is 4.68. The van der Waals surface area contributed by atoms with Gasteiger partial charge in [-0.3, -0.25) is 9.59 Å². The van der Waals surface area contributed by atoms with E-state index in [0.717, 1.165) is 5.56 Å². The lowest BCUT2D eigenvalue weighted by molar-refractivity contribution is -0.149. The molecular weight excluding hydrogens is 386 g/mol. The van der Waals surface area contributed by atoms with Crippen molar-refractivity contribution in [3.63, 3.8) is 0 Å². The Morgan fingerprint density at radius 3 is 2.46 bits per heavy atom. The Morgan fingerprint density at radius 1 is 1.18 bits per heavy atom. The van der Waals surface area contributed by atoms with Crippen molar-refractivity contribution in [2.24, 2.45) is 0 Å². The number of ether oxygens (including phenoxy) is 3. The van der Waals surface area contributed by atoms with E-state index < -0.39 is 17.9 Å². The number of hydrogen-bond acceptors (Lipinski definition) is 6. The number of allylic oxidation sites excluding steroid dienone is 1. The highest BCUT2D eigenvalue weighted by atomic mass is 35.5. The molecule has 2 rings (SSSR count). The van der Waals surface area contributed by atoms with Crippen LogP contribution in [0.4, 0.5) is 0 Å². The van der Waals surface area contributed by atoms with E-state index in [1.54, 1.807) is 38.1 Å². The van der Waals surface area contributed by atoms with Crippen LogP contribution in [0, 0.1) is 0 Å². The van der Waals surface area contributed by atoms with Crippen molar-refractivity contribution >= 4 is 29.4 Å². The number of hydrogen-bond donors (Lipinski definition) is 0. The lowest BCUT2D eigenvalue weighted by Gasteiger charge is -2.33. The van der Waals surface area contributed by atoms with E-state index in [9.17, 15) is 14.4 Å². The van der Waals surface area contributed by atoms with Gasteiger partial charge in [0.1, 0.15) is 13.2 Å². The molecule has 1 atom stereocenters. The standard InChI is InChI=1S/C20H24ClNO6/c1-4-27-18(24)12-22-13(2)19(20(25)28-10-9-26-3)16(11-17(22)23)14-5-7-15(21)8-6-14/h5-8,16H,4,9-12H2,1-3H3/t16-/m1/s1. The average Bonchev–Trinajstić information content (AvgIpc) is 2.65. The molecule has 1 amide bonds. The molecule has 1 aliphatic rings. The number of rotatable bonds is 8. The Bertz CT molecular complexity index is 758. The summed E-state index contributed by atoms with van der Waals surface area (Å²) < 4.78 is 15.2. The maximum atomic E-state index is 12.8. The first kappa shape index (κ1) is 21.9. The first-order valence-corrected chi connectivity index (χ1v) is 9.35. The summed E-state index contributed by atoms with van der Waals surface area (Å²) in [6.45, 7) is 3.63. The molecule has 1 aromatic rings. The van der Waals surface area contributed by atoms with E-state index >= 15 is 0 Å². The molecule has 1 heterocycles. The summed E-state index contributed by atoms with van der Waals surface area (Å²) >= 11 is 5.96. The van der Waals surface area contributed by atoms with Crippen molar-refractivity contribution in [3.05, 3.63) is 46.1 Å². The van der Waals surface area contributed by atoms with Gasteiger partial charge in [0.25, 0.3) is 0 Å². The lowest BCUT2D eigenvalue weighted by Crippen LogP contribution is -2.41. The Morgan fingerprint density at radius 2 is 1.86 bits per heavy atom. The Hall–Kier alpha value is -2.38. The highest BCUT2D eigenvalue weighted by molar-refractivity contribution is 6.30. The second kappa shape index (κ2) is 10.2. The first-order valence-electron chi connectivity index (χ1n) is 8.97. The number of nitrogens with zero attached hydrogens (tertiary/aromatic N) is 1.